The van der Waals surface area contributed by atoms with Gasteiger partial charge in [-0.1, -0.05) is 19.9 Å². The number of rotatable bonds is 7. The fourth-order valence-corrected chi connectivity index (χ4v) is 1.08. The molecule has 0 saturated carbocycles. The molecule has 0 atom stereocenters. The second-order valence-corrected chi connectivity index (χ2v) is 2.72. The van der Waals surface area contributed by atoms with Crippen LogP contribution in [0, 0.1) is 0 Å². The number of ether oxygens (including phenoxy) is 1. The topological polar surface area (TPSA) is 12.5 Å². The van der Waals surface area contributed by atoms with E-state index in [2.05, 4.69) is 18.7 Å². The number of allylic oxidation sites excluding steroid dienone is 1. The third-order valence-corrected chi connectivity index (χ3v) is 1.86. The maximum absolute atomic E-state index is 5.21. The highest BCUT2D eigenvalue weighted by Gasteiger charge is 1.96. The molecule has 0 unspecified atom stereocenters. The third kappa shape index (κ3) is 6.23. The molecule has 2 nitrogen and oxygen atoms in total. The van der Waals surface area contributed by atoms with Crippen molar-refractivity contribution < 1.29 is 4.74 Å². The summed E-state index contributed by atoms with van der Waals surface area (Å²) >= 11 is 0. The Morgan fingerprint density at radius 2 is 1.92 bits per heavy atom. The van der Waals surface area contributed by atoms with Crippen molar-refractivity contribution in [3.05, 3.63) is 12.3 Å². The van der Waals surface area contributed by atoms with Crippen LogP contribution < -0.4 is 0 Å². The third-order valence-electron chi connectivity index (χ3n) is 1.86. The van der Waals surface area contributed by atoms with Gasteiger partial charge in [-0.15, -0.1) is 0 Å². The molecule has 0 aromatic heterocycles. The molecule has 12 heavy (non-hydrogen) atoms. The van der Waals surface area contributed by atoms with Crippen LogP contribution in [0.5, 0.6) is 0 Å². The van der Waals surface area contributed by atoms with Crippen molar-refractivity contribution in [3.8, 4) is 0 Å². The first-order valence-electron chi connectivity index (χ1n) is 4.80. The van der Waals surface area contributed by atoms with Gasteiger partial charge in [0.15, 0.2) is 0 Å². The monoisotopic (exact) mass is 171 g/mol. The van der Waals surface area contributed by atoms with Crippen LogP contribution in [0.1, 0.15) is 27.2 Å². The van der Waals surface area contributed by atoms with Gasteiger partial charge in [0.05, 0.1) is 12.9 Å². The predicted octanol–water partition coefficient (Wildman–Crippen LogP) is 2.27. The summed E-state index contributed by atoms with van der Waals surface area (Å²) in [4.78, 5) is 2.40. The summed E-state index contributed by atoms with van der Waals surface area (Å²) in [6.07, 6.45) is 4.78. The van der Waals surface area contributed by atoms with E-state index < -0.39 is 0 Å². The normalized spacial score (nSPS) is 11.3. The van der Waals surface area contributed by atoms with Crippen molar-refractivity contribution in [2.45, 2.75) is 27.2 Å². The van der Waals surface area contributed by atoms with Gasteiger partial charge in [-0.3, -0.25) is 0 Å². The SMILES string of the molecule is CC=COCCCN(CC)CC. The van der Waals surface area contributed by atoms with E-state index in [-0.39, 0.29) is 0 Å². The summed E-state index contributed by atoms with van der Waals surface area (Å²) in [6, 6.07) is 0. The summed E-state index contributed by atoms with van der Waals surface area (Å²) in [5, 5.41) is 0. The smallest absolute Gasteiger partial charge is 0.0885 e. The van der Waals surface area contributed by atoms with E-state index in [0.29, 0.717) is 0 Å². The zero-order valence-electron chi connectivity index (χ0n) is 8.55. The zero-order valence-corrected chi connectivity index (χ0v) is 8.55. The van der Waals surface area contributed by atoms with Crippen LogP contribution in [0.15, 0.2) is 12.3 Å². The molecule has 72 valence electrons. The molecule has 0 saturated heterocycles. The Bertz CT molecular complexity index is 108. The molecule has 0 aromatic carbocycles. The first-order chi connectivity index (χ1) is 5.85. The Labute approximate surface area is 76.2 Å². The minimum absolute atomic E-state index is 0.834. The van der Waals surface area contributed by atoms with Gasteiger partial charge in [-0.05, 0) is 26.4 Å². The second kappa shape index (κ2) is 8.60. The standard InChI is InChI=1S/C10H21NO/c1-4-9-12-10-7-8-11(5-2)6-3/h4,9H,5-8,10H2,1-3H3. The summed E-state index contributed by atoms with van der Waals surface area (Å²) in [6.45, 7) is 10.6. The minimum Gasteiger partial charge on any atom is -0.501 e. The minimum atomic E-state index is 0.834. The Morgan fingerprint density at radius 3 is 2.42 bits per heavy atom. The van der Waals surface area contributed by atoms with E-state index in [1.165, 1.54) is 0 Å². The van der Waals surface area contributed by atoms with Crippen LogP contribution in [0.4, 0.5) is 0 Å². The van der Waals surface area contributed by atoms with Crippen LogP contribution in [0.3, 0.4) is 0 Å². The van der Waals surface area contributed by atoms with E-state index >= 15 is 0 Å². The molecule has 0 rings (SSSR count). The van der Waals surface area contributed by atoms with Crippen molar-refractivity contribution in [2.24, 2.45) is 0 Å². The van der Waals surface area contributed by atoms with Crippen LogP contribution in [-0.2, 0) is 4.74 Å². The fraction of sp³-hybridized carbons (Fsp3) is 0.800. The molecule has 2 heteroatoms. The van der Waals surface area contributed by atoms with E-state index in [1.54, 1.807) is 6.26 Å². The average Bonchev–Trinajstić information content (AvgIpc) is 2.11. The average molecular weight is 171 g/mol. The van der Waals surface area contributed by atoms with Crippen molar-refractivity contribution in [1.29, 1.82) is 0 Å². The molecular weight excluding hydrogens is 150 g/mol. The Morgan fingerprint density at radius 1 is 1.25 bits per heavy atom. The van der Waals surface area contributed by atoms with Crippen LogP contribution in [0.25, 0.3) is 0 Å². The lowest BCUT2D eigenvalue weighted by Gasteiger charge is -2.17. The van der Waals surface area contributed by atoms with Crippen molar-refractivity contribution >= 4 is 0 Å². The highest BCUT2D eigenvalue weighted by atomic mass is 16.5. The number of nitrogens with zero attached hydrogens (tertiary/aromatic N) is 1. The van der Waals surface area contributed by atoms with Crippen LogP contribution in [0.2, 0.25) is 0 Å². The molecule has 0 spiro atoms. The van der Waals surface area contributed by atoms with Crippen molar-refractivity contribution in [3.63, 3.8) is 0 Å². The molecule has 0 bridgehead atoms. The molecule has 0 aliphatic carbocycles. The molecule has 0 radical (unpaired) electrons. The summed E-state index contributed by atoms with van der Waals surface area (Å²) in [5.74, 6) is 0. The van der Waals surface area contributed by atoms with Crippen LogP contribution in [-0.4, -0.2) is 31.1 Å². The number of hydrogen-bond donors (Lipinski definition) is 0. The van der Waals surface area contributed by atoms with E-state index in [0.717, 1.165) is 32.7 Å². The first-order valence-corrected chi connectivity index (χ1v) is 4.80. The van der Waals surface area contributed by atoms with Gasteiger partial charge in [-0.25, -0.2) is 0 Å². The molecule has 0 aliphatic heterocycles. The molecular formula is C10H21NO. The molecule has 0 aromatic rings. The largest absolute Gasteiger partial charge is 0.501 e. The van der Waals surface area contributed by atoms with E-state index in [1.807, 2.05) is 13.0 Å². The summed E-state index contributed by atoms with van der Waals surface area (Å²) < 4.78 is 5.21. The highest BCUT2D eigenvalue weighted by molar-refractivity contribution is 4.65. The molecule has 0 heterocycles. The lowest BCUT2D eigenvalue weighted by molar-refractivity contribution is 0.212. The maximum atomic E-state index is 5.21. The molecule has 0 N–H and O–H groups in total. The Balaban J connectivity index is 3.17. The summed E-state index contributed by atoms with van der Waals surface area (Å²) in [7, 11) is 0. The lowest BCUT2D eigenvalue weighted by Crippen LogP contribution is -2.24. The molecule has 0 amide bonds. The summed E-state index contributed by atoms with van der Waals surface area (Å²) in [5.41, 5.74) is 0. The molecule has 0 fully saturated rings. The van der Waals surface area contributed by atoms with Gasteiger partial charge in [-0.2, -0.15) is 0 Å². The second-order valence-electron chi connectivity index (χ2n) is 2.72. The lowest BCUT2D eigenvalue weighted by atomic mass is 10.4. The van der Waals surface area contributed by atoms with Gasteiger partial charge in [0.1, 0.15) is 0 Å². The van der Waals surface area contributed by atoms with E-state index in [9.17, 15) is 0 Å². The zero-order chi connectivity index (χ0) is 9.23. The van der Waals surface area contributed by atoms with Gasteiger partial charge >= 0.3 is 0 Å². The quantitative estimate of drug-likeness (QED) is 0.430. The Hall–Kier alpha value is -0.500. The van der Waals surface area contributed by atoms with Crippen molar-refractivity contribution in [2.75, 3.05) is 26.2 Å². The number of hydrogen-bond acceptors (Lipinski definition) is 2. The maximum Gasteiger partial charge on any atom is 0.0885 e. The Kier molecular flexibility index (Phi) is 8.24. The van der Waals surface area contributed by atoms with Gasteiger partial charge < -0.3 is 9.64 Å². The molecule has 0 aliphatic rings. The van der Waals surface area contributed by atoms with Gasteiger partial charge in [0.2, 0.25) is 0 Å². The van der Waals surface area contributed by atoms with Crippen LogP contribution >= 0.6 is 0 Å². The predicted molar refractivity (Wildman–Crippen MR) is 53.2 cm³/mol. The highest BCUT2D eigenvalue weighted by Crippen LogP contribution is 1.91. The van der Waals surface area contributed by atoms with Gasteiger partial charge in [0.25, 0.3) is 0 Å². The van der Waals surface area contributed by atoms with E-state index in [4.69, 9.17) is 4.74 Å². The van der Waals surface area contributed by atoms with Gasteiger partial charge in [0, 0.05) is 6.54 Å². The first kappa shape index (κ1) is 11.5. The van der Waals surface area contributed by atoms with Crippen molar-refractivity contribution in [1.82, 2.24) is 4.90 Å². The fourth-order valence-electron chi connectivity index (χ4n) is 1.08.